The van der Waals surface area contributed by atoms with Crippen molar-refractivity contribution in [3.05, 3.63) is 71.3 Å². The number of benzene rings is 2. The maximum absolute atomic E-state index is 13.2. The molecule has 29 heavy (non-hydrogen) atoms. The Bertz CT molecular complexity index is 779. The first-order chi connectivity index (χ1) is 14.1. The van der Waals surface area contributed by atoms with E-state index in [-0.39, 0.29) is 11.8 Å². The topological polar surface area (TPSA) is 49.4 Å². The number of amides is 2. The number of hydrogen-bond acceptors (Lipinski definition) is 3. The summed E-state index contributed by atoms with van der Waals surface area (Å²) in [4.78, 5) is 27.6. The van der Waals surface area contributed by atoms with Crippen LogP contribution in [-0.4, -0.2) is 35.1 Å². The number of nitrogens with zero attached hydrogens (tertiary/aromatic N) is 1. The number of rotatable bonds is 11. The van der Waals surface area contributed by atoms with E-state index in [0.717, 1.165) is 23.3 Å². The summed E-state index contributed by atoms with van der Waals surface area (Å²) in [6.07, 6.45) is 1.47. The fourth-order valence-electron chi connectivity index (χ4n) is 3.17. The number of carbonyl (C=O) groups is 2. The van der Waals surface area contributed by atoms with Gasteiger partial charge in [-0.1, -0.05) is 68.4 Å². The van der Waals surface area contributed by atoms with Crippen molar-refractivity contribution < 1.29 is 9.59 Å². The molecule has 156 valence electrons. The van der Waals surface area contributed by atoms with Crippen LogP contribution in [-0.2, 0) is 21.9 Å². The van der Waals surface area contributed by atoms with E-state index in [0.29, 0.717) is 25.3 Å². The Morgan fingerprint density at radius 3 is 2.38 bits per heavy atom. The van der Waals surface area contributed by atoms with Gasteiger partial charge in [-0.15, -0.1) is 11.8 Å². The van der Waals surface area contributed by atoms with Gasteiger partial charge in [0.05, 0.1) is 5.75 Å². The second-order valence-electron chi connectivity index (χ2n) is 7.14. The van der Waals surface area contributed by atoms with Crippen LogP contribution >= 0.6 is 11.8 Å². The van der Waals surface area contributed by atoms with Crippen LogP contribution in [0.4, 0.5) is 0 Å². The molecule has 2 amide bonds. The van der Waals surface area contributed by atoms with E-state index >= 15 is 0 Å². The fourth-order valence-corrected chi connectivity index (χ4v) is 4.04. The lowest BCUT2D eigenvalue weighted by Crippen LogP contribution is -2.49. The molecule has 4 nitrogen and oxygen atoms in total. The van der Waals surface area contributed by atoms with Crippen molar-refractivity contribution in [1.82, 2.24) is 10.2 Å². The zero-order valence-corrected chi connectivity index (χ0v) is 18.5. The Labute approximate surface area is 179 Å². The van der Waals surface area contributed by atoms with E-state index in [2.05, 4.69) is 17.4 Å². The summed E-state index contributed by atoms with van der Waals surface area (Å²) in [6.45, 7) is 7.11. The van der Waals surface area contributed by atoms with E-state index in [1.807, 2.05) is 63.2 Å². The molecule has 2 rings (SSSR count). The van der Waals surface area contributed by atoms with Crippen molar-refractivity contribution in [2.75, 3.05) is 12.3 Å². The van der Waals surface area contributed by atoms with E-state index in [4.69, 9.17) is 0 Å². The van der Waals surface area contributed by atoms with Gasteiger partial charge in [0.1, 0.15) is 6.04 Å². The van der Waals surface area contributed by atoms with E-state index in [1.54, 1.807) is 16.7 Å². The summed E-state index contributed by atoms with van der Waals surface area (Å²) in [5, 5.41) is 2.96. The molecule has 0 unspecified atom stereocenters. The van der Waals surface area contributed by atoms with Crippen molar-refractivity contribution in [3.63, 3.8) is 0 Å². The van der Waals surface area contributed by atoms with Gasteiger partial charge in [-0.05, 0) is 36.5 Å². The van der Waals surface area contributed by atoms with E-state index in [1.165, 1.54) is 5.56 Å². The highest BCUT2D eigenvalue weighted by atomic mass is 32.2. The Morgan fingerprint density at radius 1 is 1.03 bits per heavy atom. The summed E-state index contributed by atoms with van der Waals surface area (Å²) in [6, 6.07) is 17.7. The van der Waals surface area contributed by atoms with Crippen molar-refractivity contribution in [1.29, 1.82) is 0 Å². The predicted octanol–water partition coefficient (Wildman–Crippen LogP) is 4.56. The van der Waals surface area contributed by atoms with Gasteiger partial charge in [-0.25, -0.2) is 0 Å². The fraction of sp³-hybridized carbons (Fsp3) is 0.417. The lowest BCUT2D eigenvalue weighted by molar-refractivity contribution is -0.139. The summed E-state index contributed by atoms with van der Waals surface area (Å²) < 4.78 is 0. The molecule has 0 aromatic heterocycles. The van der Waals surface area contributed by atoms with Crippen molar-refractivity contribution >= 4 is 23.6 Å². The van der Waals surface area contributed by atoms with Crippen LogP contribution in [0.2, 0.25) is 0 Å². The van der Waals surface area contributed by atoms with Crippen LogP contribution in [0.3, 0.4) is 0 Å². The molecule has 0 saturated heterocycles. The molecule has 0 fully saturated rings. The molecule has 1 atom stereocenters. The normalized spacial score (nSPS) is 11.7. The van der Waals surface area contributed by atoms with Crippen molar-refractivity contribution in [2.24, 2.45) is 0 Å². The van der Waals surface area contributed by atoms with Crippen molar-refractivity contribution in [2.45, 2.75) is 52.0 Å². The van der Waals surface area contributed by atoms with E-state index in [9.17, 15) is 9.59 Å². The maximum atomic E-state index is 13.2. The first kappa shape index (κ1) is 23.0. The van der Waals surface area contributed by atoms with Gasteiger partial charge in [0.25, 0.3) is 0 Å². The van der Waals surface area contributed by atoms with Gasteiger partial charge in [-0.2, -0.15) is 0 Å². The number of nitrogens with one attached hydrogen (secondary N) is 1. The highest BCUT2D eigenvalue weighted by Crippen LogP contribution is 2.18. The molecular formula is C24H32N2O2S. The number of thioether (sulfide) groups is 1. The zero-order chi connectivity index (χ0) is 21.1. The molecule has 0 aliphatic rings. The average molecular weight is 413 g/mol. The minimum atomic E-state index is -0.453. The summed E-state index contributed by atoms with van der Waals surface area (Å²) in [5.74, 6) is 1.08. The standard InChI is InChI=1S/C24H32N2O2S/c1-4-15-25-24(28)22(5-2)26(16-21-14-10-9-11-19(21)3)23(27)18-29-17-20-12-7-6-8-13-20/h6-14,22H,4-5,15-18H2,1-3H3,(H,25,28)/t22-/m1/s1. The Balaban J connectivity index is 2.12. The molecule has 0 bridgehead atoms. The molecule has 0 aliphatic carbocycles. The summed E-state index contributed by atoms with van der Waals surface area (Å²) in [7, 11) is 0. The van der Waals surface area contributed by atoms with Gasteiger partial charge in [0.15, 0.2) is 0 Å². The zero-order valence-electron chi connectivity index (χ0n) is 17.7. The summed E-state index contributed by atoms with van der Waals surface area (Å²) >= 11 is 1.59. The quantitative estimate of drug-likeness (QED) is 0.588. The number of aryl methyl sites for hydroxylation is 1. The predicted molar refractivity (Wildman–Crippen MR) is 122 cm³/mol. The molecule has 2 aromatic rings. The third kappa shape index (κ3) is 7.24. The first-order valence-electron chi connectivity index (χ1n) is 10.3. The van der Waals surface area contributed by atoms with Gasteiger partial charge in [0, 0.05) is 18.8 Å². The van der Waals surface area contributed by atoms with E-state index < -0.39 is 6.04 Å². The SMILES string of the molecule is CCCNC(=O)[C@@H](CC)N(Cc1ccccc1C)C(=O)CSCc1ccccc1. The Kier molecular flexibility index (Phi) is 9.78. The smallest absolute Gasteiger partial charge is 0.242 e. The highest BCUT2D eigenvalue weighted by molar-refractivity contribution is 7.99. The third-order valence-electron chi connectivity index (χ3n) is 4.87. The molecule has 1 N–H and O–H groups in total. The van der Waals surface area contributed by atoms with Crippen LogP contribution in [0.25, 0.3) is 0 Å². The average Bonchev–Trinajstić information content (AvgIpc) is 2.74. The Morgan fingerprint density at radius 2 is 1.72 bits per heavy atom. The number of carbonyl (C=O) groups excluding carboxylic acids is 2. The Hall–Kier alpha value is -2.27. The highest BCUT2D eigenvalue weighted by Gasteiger charge is 2.28. The second-order valence-corrected chi connectivity index (χ2v) is 8.13. The van der Waals surface area contributed by atoms with Crippen LogP contribution in [0, 0.1) is 6.92 Å². The minimum absolute atomic E-state index is 0.00711. The molecule has 0 heterocycles. The maximum Gasteiger partial charge on any atom is 0.242 e. The van der Waals surface area contributed by atoms with Crippen LogP contribution in [0.5, 0.6) is 0 Å². The van der Waals surface area contributed by atoms with Crippen LogP contribution in [0.1, 0.15) is 43.4 Å². The molecule has 0 radical (unpaired) electrons. The van der Waals surface area contributed by atoms with Crippen LogP contribution in [0.15, 0.2) is 54.6 Å². The first-order valence-corrected chi connectivity index (χ1v) is 11.5. The molecule has 5 heteroatoms. The monoisotopic (exact) mass is 412 g/mol. The van der Waals surface area contributed by atoms with Crippen LogP contribution < -0.4 is 5.32 Å². The minimum Gasteiger partial charge on any atom is -0.354 e. The van der Waals surface area contributed by atoms with Crippen molar-refractivity contribution in [3.8, 4) is 0 Å². The molecule has 2 aromatic carbocycles. The lowest BCUT2D eigenvalue weighted by Gasteiger charge is -2.31. The number of hydrogen-bond donors (Lipinski definition) is 1. The molecule has 0 spiro atoms. The molecule has 0 saturated carbocycles. The third-order valence-corrected chi connectivity index (χ3v) is 5.86. The van der Waals surface area contributed by atoms with Gasteiger partial charge >= 0.3 is 0 Å². The largest absolute Gasteiger partial charge is 0.354 e. The second kappa shape index (κ2) is 12.3. The van der Waals surface area contributed by atoms with Gasteiger partial charge in [0.2, 0.25) is 11.8 Å². The van der Waals surface area contributed by atoms with Gasteiger partial charge in [-0.3, -0.25) is 9.59 Å². The summed E-state index contributed by atoms with van der Waals surface area (Å²) in [5.41, 5.74) is 3.41. The van der Waals surface area contributed by atoms with Gasteiger partial charge < -0.3 is 10.2 Å². The lowest BCUT2D eigenvalue weighted by atomic mass is 10.1. The molecule has 0 aliphatic heterocycles. The molecular weight excluding hydrogens is 380 g/mol.